The molecule has 164 valence electrons. The van der Waals surface area contributed by atoms with Gasteiger partial charge in [-0.2, -0.15) is 9.97 Å². The molecule has 0 aliphatic carbocycles. The third-order valence-electron chi connectivity index (χ3n) is 5.14. The van der Waals surface area contributed by atoms with E-state index in [0.717, 1.165) is 25.0 Å². The molecule has 3 heterocycles. The number of carbonyl (C=O) groups excluding carboxylic acids is 1. The quantitative estimate of drug-likeness (QED) is 0.644. The van der Waals surface area contributed by atoms with Crippen molar-refractivity contribution in [2.24, 2.45) is 5.92 Å². The first-order valence-corrected chi connectivity index (χ1v) is 10.6. The first kappa shape index (κ1) is 22.1. The van der Waals surface area contributed by atoms with Crippen molar-refractivity contribution in [3.05, 3.63) is 39.7 Å². The summed E-state index contributed by atoms with van der Waals surface area (Å²) in [6.45, 7) is 9.49. The lowest BCUT2D eigenvalue weighted by Gasteiger charge is -2.33. The summed E-state index contributed by atoms with van der Waals surface area (Å²) in [6, 6.07) is 1.81. The molecule has 2 aromatic rings. The van der Waals surface area contributed by atoms with Gasteiger partial charge in [-0.1, -0.05) is 19.0 Å². The van der Waals surface area contributed by atoms with Crippen LogP contribution < -0.4 is 5.69 Å². The number of piperidine rings is 1. The molecule has 0 saturated carbocycles. The molecule has 0 bridgehead atoms. The van der Waals surface area contributed by atoms with E-state index < -0.39 is 0 Å². The van der Waals surface area contributed by atoms with E-state index in [9.17, 15) is 9.59 Å². The van der Waals surface area contributed by atoms with Crippen LogP contribution in [0.2, 0.25) is 0 Å². The number of hydrogen-bond donors (Lipinski definition) is 0. The number of amides is 1. The second-order valence-electron chi connectivity index (χ2n) is 8.33. The Labute approximate surface area is 176 Å². The largest absolute Gasteiger partial charge is 0.376 e. The maximum atomic E-state index is 12.7. The van der Waals surface area contributed by atoms with E-state index in [0.29, 0.717) is 49.4 Å². The second kappa shape index (κ2) is 9.97. The number of aryl methyl sites for hydroxylation is 2. The highest BCUT2D eigenvalue weighted by atomic mass is 16.5. The summed E-state index contributed by atoms with van der Waals surface area (Å²) in [5.74, 6) is 1.69. The highest BCUT2D eigenvalue weighted by Gasteiger charge is 2.25. The predicted molar refractivity (Wildman–Crippen MR) is 110 cm³/mol. The fraction of sp³-hybridized carbons (Fsp3) is 0.667. The average Bonchev–Trinajstić information content (AvgIpc) is 3.11. The van der Waals surface area contributed by atoms with Crippen molar-refractivity contribution in [1.29, 1.82) is 0 Å². The van der Waals surface area contributed by atoms with Crippen molar-refractivity contribution in [2.45, 2.75) is 66.0 Å². The molecule has 1 unspecified atom stereocenters. The number of aromatic nitrogens is 4. The molecule has 1 aliphatic heterocycles. The van der Waals surface area contributed by atoms with E-state index in [1.165, 1.54) is 4.57 Å². The zero-order valence-corrected chi connectivity index (χ0v) is 18.3. The van der Waals surface area contributed by atoms with E-state index in [2.05, 4.69) is 29.0 Å². The van der Waals surface area contributed by atoms with Crippen LogP contribution in [-0.2, 0) is 28.9 Å². The van der Waals surface area contributed by atoms with Gasteiger partial charge >= 0.3 is 5.69 Å². The normalized spacial score (nSPS) is 17.0. The van der Waals surface area contributed by atoms with E-state index in [1.54, 1.807) is 17.9 Å². The van der Waals surface area contributed by atoms with Crippen LogP contribution in [0.5, 0.6) is 0 Å². The van der Waals surface area contributed by atoms with Crippen LogP contribution >= 0.6 is 0 Å². The van der Waals surface area contributed by atoms with Crippen LogP contribution in [0.25, 0.3) is 0 Å². The molecule has 1 fully saturated rings. The van der Waals surface area contributed by atoms with E-state index in [1.807, 2.05) is 6.92 Å². The molecule has 0 radical (unpaired) electrons. The highest BCUT2D eigenvalue weighted by Crippen LogP contribution is 2.15. The topological polar surface area (TPSA) is 103 Å². The number of ether oxygens (including phenoxy) is 1. The Morgan fingerprint density at radius 2 is 2.13 bits per heavy atom. The third kappa shape index (κ3) is 5.98. The number of nitrogens with zero attached hydrogens (tertiary/aromatic N) is 5. The molecule has 9 heteroatoms. The summed E-state index contributed by atoms with van der Waals surface area (Å²) in [4.78, 5) is 34.9. The Balaban J connectivity index is 1.48. The molecule has 1 atom stereocenters. The Bertz CT molecular complexity index is 920. The van der Waals surface area contributed by atoms with Crippen molar-refractivity contribution in [1.82, 2.24) is 24.6 Å². The number of likely N-dealkylation sites (tertiary alicyclic amines) is 1. The molecule has 2 aromatic heterocycles. The summed E-state index contributed by atoms with van der Waals surface area (Å²) in [7, 11) is 0. The highest BCUT2D eigenvalue weighted by molar-refractivity contribution is 5.76. The summed E-state index contributed by atoms with van der Waals surface area (Å²) in [5.41, 5.74) is 1.01. The molecule has 30 heavy (non-hydrogen) atoms. The van der Waals surface area contributed by atoms with Gasteiger partial charge in [-0.25, -0.2) is 4.79 Å². The smallest absolute Gasteiger partial charge is 0.348 e. The van der Waals surface area contributed by atoms with Crippen molar-refractivity contribution >= 4 is 5.91 Å². The first-order chi connectivity index (χ1) is 14.3. The number of carbonyl (C=O) groups is 1. The maximum absolute atomic E-state index is 12.7. The van der Waals surface area contributed by atoms with Gasteiger partial charge in [-0.15, -0.1) is 0 Å². The van der Waals surface area contributed by atoms with Crippen LogP contribution in [0.3, 0.4) is 0 Å². The molecular formula is C21H31N5O4. The monoisotopic (exact) mass is 417 g/mol. The van der Waals surface area contributed by atoms with Crippen molar-refractivity contribution in [3.8, 4) is 0 Å². The maximum Gasteiger partial charge on any atom is 0.348 e. The third-order valence-corrected chi connectivity index (χ3v) is 5.14. The average molecular weight is 418 g/mol. The SMILES string of the molecule is Cc1cc(C)n(CC(=O)N2CCCC(OCCc3noc(CC(C)C)n3)C2)c(=O)n1. The lowest BCUT2D eigenvalue weighted by Crippen LogP contribution is -2.46. The minimum absolute atomic E-state index is 0.00611. The standard InChI is InChI=1S/C21H31N5O4/c1-14(2)10-19-23-18(24-30-19)7-9-29-17-6-5-8-25(12-17)20(27)13-26-16(4)11-15(3)22-21(26)28/h11,14,17H,5-10,12-13H2,1-4H3. The van der Waals surface area contributed by atoms with Crippen LogP contribution in [0, 0.1) is 19.8 Å². The zero-order chi connectivity index (χ0) is 21.7. The Morgan fingerprint density at radius 3 is 2.87 bits per heavy atom. The summed E-state index contributed by atoms with van der Waals surface area (Å²) in [5, 5.41) is 4.00. The fourth-order valence-corrected chi connectivity index (χ4v) is 3.64. The minimum atomic E-state index is -0.386. The molecule has 3 rings (SSSR count). The van der Waals surface area contributed by atoms with Gasteiger partial charge in [-0.05, 0) is 38.7 Å². The summed E-state index contributed by atoms with van der Waals surface area (Å²) in [6.07, 6.45) is 3.10. The predicted octanol–water partition coefficient (Wildman–Crippen LogP) is 1.69. The van der Waals surface area contributed by atoms with Gasteiger partial charge in [0.15, 0.2) is 5.82 Å². The van der Waals surface area contributed by atoms with Gasteiger partial charge in [0.05, 0.1) is 12.7 Å². The number of rotatable bonds is 8. The van der Waals surface area contributed by atoms with Crippen molar-refractivity contribution in [3.63, 3.8) is 0 Å². The molecular weight excluding hydrogens is 386 g/mol. The minimum Gasteiger partial charge on any atom is -0.376 e. The van der Waals surface area contributed by atoms with Gasteiger partial charge < -0.3 is 14.2 Å². The van der Waals surface area contributed by atoms with Gasteiger partial charge in [0.2, 0.25) is 11.8 Å². The van der Waals surface area contributed by atoms with Crippen LogP contribution in [-0.4, -0.2) is 56.3 Å². The van der Waals surface area contributed by atoms with Gasteiger partial charge in [-0.3, -0.25) is 9.36 Å². The zero-order valence-electron chi connectivity index (χ0n) is 18.3. The molecule has 0 aromatic carbocycles. The van der Waals surface area contributed by atoms with Crippen LogP contribution in [0.1, 0.15) is 49.8 Å². The van der Waals surface area contributed by atoms with E-state index in [-0.39, 0.29) is 24.2 Å². The van der Waals surface area contributed by atoms with Crippen molar-refractivity contribution < 1.29 is 14.1 Å². The number of hydrogen-bond acceptors (Lipinski definition) is 7. The van der Waals surface area contributed by atoms with Gasteiger partial charge in [0, 0.05) is 37.3 Å². The summed E-state index contributed by atoms with van der Waals surface area (Å²) >= 11 is 0. The van der Waals surface area contributed by atoms with Crippen molar-refractivity contribution in [2.75, 3.05) is 19.7 Å². The van der Waals surface area contributed by atoms with E-state index in [4.69, 9.17) is 9.26 Å². The Kier molecular flexibility index (Phi) is 7.36. The van der Waals surface area contributed by atoms with Gasteiger partial charge in [0.25, 0.3) is 0 Å². The molecule has 1 aliphatic rings. The van der Waals surface area contributed by atoms with Crippen LogP contribution in [0.4, 0.5) is 0 Å². The summed E-state index contributed by atoms with van der Waals surface area (Å²) < 4.78 is 12.6. The second-order valence-corrected chi connectivity index (χ2v) is 8.33. The Hall–Kier alpha value is -2.55. The van der Waals surface area contributed by atoms with Gasteiger partial charge in [0.1, 0.15) is 6.54 Å². The lowest BCUT2D eigenvalue weighted by molar-refractivity contribution is -0.136. The fourth-order valence-electron chi connectivity index (χ4n) is 3.64. The van der Waals surface area contributed by atoms with Crippen LogP contribution in [0.15, 0.2) is 15.4 Å². The molecule has 1 amide bonds. The molecule has 9 nitrogen and oxygen atoms in total. The Morgan fingerprint density at radius 1 is 1.33 bits per heavy atom. The first-order valence-electron chi connectivity index (χ1n) is 10.6. The lowest BCUT2D eigenvalue weighted by atomic mass is 10.1. The molecule has 1 saturated heterocycles. The molecule has 0 spiro atoms. The van der Waals surface area contributed by atoms with E-state index >= 15 is 0 Å². The molecule has 0 N–H and O–H groups in total.